The molecule has 0 aliphatic carbocycles. The van der Waals surface area contributed by atoms with Crippen LogP contribution < -0.4 is 0 Å². The van der Waals surface area contributed by atoms with Crippen molar-refractivity contribution in [2.45, 2.75) is 226 Å². The second-order valence-corrected chi connectivity index (χ2v) is 15.3. The lowest BCUT2D eigenvalue weighted by Gasteiger charge is -2.18. The normalized spacial score (nSPS) is 12.6. The molecule has 0 saturated carbocycles. The predicted octanol–water partition coefficient (Wildman–Crippen LogP) is 14.9. The summed E-state index contributed by atoms with van der Waals surface area (Å²) < 4.78 is 16.7. The molecule has 0 radical (unpaired) electrons. The maximum atomic E-state index is 12.7. The Morgan fingerprint density at radius 1 is 0.375 bits per heavy atom. The van der Waals surface area contributed by atoms with Crippen molar-refractivity contribution in [3.05, 3.63) is 60.8 Å². The molecular formula is C50H86O6. The quantitative estimate of drug-likeness (QED) is 0.0266. The van der Waals surface area contributed by atoms with Gasteiger partial charge in [-0.2, -0.15) is 0 Å². The van der Waals surface area contributed by atoms with Crippen LogP contribution in [0.25, 0.3) is 0 Å². The van der Waals surface area contributed by atoms with Gasteiger partial charge in [0, 0.05) is 19.3 Å². The molecule has 6 heteroatoms. The van der Waals surface area contributed by atoms with Crippen LogP contribution in [0, 0.1) is 0 Å². The number of carbonyl (C=O) groups excluding carboxylic acids is 3. The van der Waals surface area contributed by atoms with E-state index >= 15 is 0 Å². The summed E-state index contributed by atoms with van der Waals surface area (Å²) >= 11 is 0. The molecule has 0 aliphatic rings. The van der Waals surface area contributed by atoms with E-state index in [1.54, 1.807) is 0 Å². The molecule has 0 N–H and O–H groups in total. The van der Waals surface area contributed by atoms with Crippen molar-refractivity contribution in [3.63, 3.8) is 0 Å². The number of hydrogen-bond donors (Lipinski definition) is 0. The van der Waals surface area contributed by atoms with E-state index in [0.29, 0.717) is 19.3 Å². The number of allylic oxidation sites excluding steroid dienone is 10. The van der Waals surface area contributed by atoms with Crippen LogP contribution in [0.1, 0.15) is 220 Å². The summed E-state index contributed by atoms with van der Waals surface area (Å²) in [4.78, 5) is 37.7. The first-order chi connectivity index (χ1) is 27.5. The average molecular weight is 783 g/mol. The molecule has 6 nitrogen and oxygen atoms in total. The molecule has 1 atom stereocenters. The van der Waals surface area contributed by atoms with Crippen molar-refractivity contribution in [2.75, 3.05) is 13.2 Å². The van der Waals surface area contributed by atoms with Gasteiger partial charge in [0.15, 0.2) is 6.10 Å². The Bertz CT molecular complexity index is 1040. The zero-order chi connectivity index (χ0) is 40.8. The molecule has 0 amide bonds. The Morgan fingerprint density at radius 2 is 0.696 bits per heavy atom. The number of rotatable bonds is 41. The third kappa shape index (κ3) is 42.3. The zero-order valence-electron chi connectivity index (χ0n) is 36.6. The highest BCUT2D eigenvalue weighted by molar-refractivity contribution is 5.71. The molecular weight excluding hydrogens is 697 g/mol. The van der Waals surface area contributed by atoms with Gasteiger partial charge in [-0.25, -0.2) is 0 Å². The van der Waals surface area contributed by atoms with E-state index in [4.69, 9.17) is 14.2 Å². The SMILES string of the molecule is CC/C=C\C/C=C\C/C=C\CCCCCCCCC(=O)OCC(COC(=O)CCCCCCC/C=C\CCCC)OC(=O)CCCCCCC/C=C\CCCC. The highest BCUT2D eigenvalue weighted by Crippen LogP contribution is 2.13. The Kier molecular flexibility index (Phi) is 42.5. The van der Waals surface area contributed by atoms with Crippen LogP contribution >= 0.6 is 0 Å². The second kappa shape index (κ2) is 44.8. The predicted molar refractivity (Wildman–Crippen MR) is 238 cm³/mol. The zero-order valence-corrected chi connectivity index (χ0v) is 36.6. The first kappa shape index (κ1) is 53.1. The monoisotopic (exact) mass is 783 g/mol. The third-order valence-electron chi connectivity index (χ3n) is 9.73. The van der Waals surface area contributed by atoms with Gasteiger partial charge in [-0.1, -0.05) is 171 Å². The molecule has 1 unspecified atom stereocenters. The van der Waals surface area contributed by atoms with Crippen molar-refractivity contribution in [1.29, 1.82) is 0 Å². The minimum atomic E-state index is -0.784. The standard InChI is InChI=1S/C50H86O6/c1-4-7-10-13-16-19-22-23-24-25-26-29-31-34-37-40-43-49(52)55-46-47(56-50(53)44-41-38-35-32-28-21-18-15-12-9-6-3)45-54-48(51)42-39-36-33-30-27-20-17-14-11-8-5-2/h7,10,14-19,23-24,47H,4-6,8-9,11-13,20-22,25-46H2,1-3H3/b10-7-,17-14-,18-15-,19-16-,24-23-. The number of unbranched alkanes of at least 4 members (excludes halogenated alkanes) is 20. The number of ether oxygens (including phenoxy) is 3. The topological polar surface area (TPSA) is 78.9 Å². The van der Waals surface area contributed by atoms with E-state index in [-0.39, 0.29) is 31.1 Å². The number of hydrogen-bond acceptors (Lipinski definition) is 6. The molecule has 0 heterocycles. The van der Waals surface area contributed by atoms with E-state index in [1.807, 2.05) is 0 Å². The van der Waals surface area contributed by atoms with Crippen LogP contribution in [0.3, 0.4) is 0 Å². The van der Waals surface area contributed by atoms with Crippen LogP contribution in [0.15, 0.2) is 60.8 Å². The van der Waals surface area contributed by atoms with Crippen LogP contribution in [-0.2, 0) is 28.6 Å². The molecule has 0 spiro atoms. The summed E-state index contributed by atoms with van der Waals surface area (Å²) in [6.45, 7) is 6.41. The van der Waals surface area contributed by atoms with Crippen molar-refractivity contribution in [1.82, 2.24) is 0 Å². The minimum Gasteiger partial charge on any atom is -0.462 e. The Balaban J connectivity index is 4.39. The number of esters is 3. The van der Waals surface area contributed by atoms with Crippen molar-refractivity contribution < 1.29 is 28.6 Å². The Labute approximate surface area is 345 Å². The summed E-state index contributed by atoms with van der Waals surface area (Å²) in [5, 5.41) is 0. The van der Waals surface area contributed by atoms with Gasteiger partial charge < -0.3 is 14.2 Å². The Hall–Kier alpha value is -2.89. The van der Waals surface area contributed by atoms with Gasteiger partial charge in [0.05, 0.1) is 0 Å². The van der Waals surface area contributed by atoms with Gasteiger partial charge in [-0.05, 0) is 89.9 Å². The molecule has 0 rings (SSSR count). The molecule has 322 valence electrons. The summed E-state index contributed by atoms with van der Waals surface area (Å²) in [6.07, 6.45) is 53.4. The first-order valence-corrected chi connectivity index (χ1v) is 23.3. The highest BCUT2D eigenvalue weighted by Gasteiger charge is 2.19. The van der Waals surface area contributed by atoms with E-state index in [9.17, 15) is 14.4 Å². The third-order valence-corrected chi connectivity index (χ3v) is 9.73. The van der Waals surface area contributed by atoms with Crippen LogP contribution in [0.2, 0.25) is 0 Å². The maximum Gasteiger partial charge on any atom is 0.306 e. The highest BCUT2D eigenvalue weighted by atomic mass is 16.6. The van der Waals surface area contributed by atoms with Gasteiger partial charge in [0.2, 0.25) is 0 Å². The van der Waals surface area contributed by atoms with Gasteiger partial charge in [0.1, 0.15) is 13.2 Å². The summed E-state index contributed by atoms with van der Waals surface area (Å²) in [7, 11) is 0. The lowest BCUT2D eigenvalue weighted by molar-refractivity contribution is -0.167. The van der Waals surface area contributed by atoms with Gasteiger partial charge in [0.25, 0.3) is 0 Å². The fourth-order valence-electron chi connectivity index (χ4n) is 6.18. The van der Waals surface area contributed by atoms with Crippen LogP contribution in [0.4, 0.5) is 0 Å². The molecule has 0 bridgehead atoms. The minimum absolute atomic E-state index is 0.0868. The summed E-state index contributed by atoms with van der Waals surface area (Å²) in [6, 6.07) is 0. The van der Waals surface area contributed by atoms with Crippen LogP contribution in [-0.4, -0.2) is 37.2 Å². The fourth-order valence-corrected chi connectivity index (χ4v) is 6.18. The van der Waals surface area contributed by atoms with Crippen molar-refractivity contribution in [3.8, 4) is 0 Å². The lowest BCUT2D eigenvalue weighted by atomic mass is 10.1. The first-order valence-electron chi connectivity index (χ1n) is 23.3. The van der Waals surface area contributed by atoms with E-state index in [1.165, 1.54) is 77.0 Å². The van der Waals surface area contributed by atoms with Crippen LogP contribution in [0.5, 0.6) is 0 Å². The molecule has 0 aromatic rings. The smallest absolute Gasteiger partial charge is 0.306 e. The van der Waals surface area contributed by atoms with Gasteiger partial charge in [-0.3, -0.25) is 14.4 Å². The van der Waals surface area contributed by atoms with E-state index in [0.717, 1.165) is 103 Å². The fraction of sp³-hybridized carbons (Fsp3) is 0.740. The summed E-state index contributed by atoms with van der Waals surface area (Å²) in [5.74, 6) is -0.922. The largest absolute Gasteiger partial charge is 0.462 e. The van der Waals surface area contributed by atoms with Crippen molar-refractivity contribution in [2.24, 2.45) is 0 Å². The lowest BCUT2D eigenvalue weighted by Crippen LogP contribution is -2.30. The molecule has 0 aromatic carbocycles. The average Bonchev–Trinajstić information content (AvgIpc) is 3.19. The molecule has 56 heavy (non-hydrogen) atoms. The van der Waals surface area contributed by atoms with Crippen molar-refractivity contribution >= 4 is 17.9 Å². The molecule has 0 fully saturated rings. The molecule has 0 aliphatic heterocycles. The van der Waals surface area contributed by atoms with E-state index < -0.39 is 6.10 Å². The molecule has 0 aromatic heterocycles. The van der Waals surface area contributed by atoms with Gasteiger partial charge >= 0.3 is 17.9 Å². The van der Waals surface area contributed by atoms with E-state index in [2.05, 4.69) is 81.5 Å². The maximum absolute atomic E-state index is 12.7. The van der Waals surface area contributed by atoms with Gasteiger partial charge in [-0.15, -0.1) is 0 Å². The second-order valence-electron chi connectivity index (χ2n) is 15.3. The summed E-state index contributed by atoms with van der Waals surface area (Å²) in [5.41, 5.74) is 0. The number of carbonyl (C=O) groups is 3. The Morgan fingerprint density at radius 3 is 1.11 bits per heavy atom. The molecule has 0 saturated heterocycles.